The highest BCUT2D eigenvalue weighted by atomic mass is 16.5. The minimum atomic E-state index is -0.0157. The first-order chi connectivity index (χ1) is 13.7. The van der Waals surface area contributed by atoms with Gasteiger partial charge >= 0.3 is 0 Å². The highest BCUT2D eigenvalue weighted by Crippen LogP contribution is 2.39. The van der Waals surface area contributed by atoms with Gasteiger partial charge < -0.3 is 9.47 Å². The van der Waals surface area contributed by atoms with Gasteiger partial charge in [0.1, 0.15) is 0 Å². The van der Waals surface area contributed by atoms with E-state index in [0.29, 0.717) is 18.0 Å². The van der Waals surface area contributed by atoms with Gasteiger partial charge in [-0.05, 0) is 43.2 Å². The number of carbonyl (C=O) groups excluding carboxylic acids is 1. The fourth-order valence-corrected chi connectivity index (χ4v) is 4.22. The summed E-state index contributed by atoms with van der Waals surface area (Å²) in [5, 5.41) is 6.41. The molecule has 0 unspecified atom stereocenters. The maximum Gasteiger partial charge on any atom is 0.246 e. The minimum Gasteiger partial charge on any atom is -0.493 e. The van der Waals surface area contributed by atoms with Crippen LogP contribution in [0.2, 0.25) is 0 Å². The van der Waals surface area contributed by atoms with Crippen LogP contribution in [0.1, 0.15) is 36.9 Å². The van der Waals surface area contributed by atoms with E-state index in [0.717, 1.165) is 42.7 Å². The molecule has 1 fully saturated rings. The van der Waals surface area contributed by atoms with Crippen molar-refractivity contribution >= 4 is 11.6 Å². The molecule has 1 aliphatic carbocycles. The Balaban J connectivity index is 1.73. The van der Waals surface area contributed by atoms with Gasteiger partial charge in [0.05, 0.1) is 32.2 Å². The minimum absolute atomic E-state index is 0.0157. The van der Waals surface area contributed by atoms with Gasteiger partial charge in [-0.3, -0.25) is 9.78 Å². The van der Waals surface area contributed by atoms with Gasteiger partial charge in [-0.2, -0.15) is 5.10 Å². The van der Waals surface area contributed by atoms with Crippen molar-refractivity contribution < 1.29 is 14.3 Å². The normalized spacial score (nSPS) is 21.7. The molecule has 28 heavy (non-hydrogen) atoms. The Morgan fingerprint density at radius 3 is 2.54 bits per heavy atom. The molecule has 1 aromatic carbocycles. The molecule has 1 amide bonds. The van der Waals surface area contributed by atoms with E-state index in [1.165, 1.54) is 0 Å². The molecular formula is C22H25N3O3. The number of ether oxygens (including phenoxy) is 2. The smallest absolute Gasteiger partial charge is 0.246 e. The van der Waals surface area contributed by atoms with Crippen molar-refractivity contribution in [1.29, 1.82) is 0 Å². The Bertz CT molecular complexity index is 882. The Kier molecular flexibility index (Phi) is 5.28. The molecule has 4 rings (SSSR count). The molecule has 1 aromatic heterocycles. The number of hydrogen-bond donors (Lipinski definition) is 0. The summed E-state index contributed by atoms with van der Waals surface area (Å²) >= 11 is 0. The third-order valence-corrected chi connectivity index (χ3v) is 5.63. The maximum absolute atomic E-state index is 13.1. The molecule has 2 atom stereocenters. The monoisotopic (exact) mass is 379 g/mol. The number of aromatic nitrogens is 1. The van der Waals surface area contributed by atoms with Crippen LogP contribution in [-0.4, -0.2) is 35.8 Å². The summed E-state index contributed by atoms with van der Waals surface area (Å²) in [7, 11) is 3.25. The van der Waals surface area contributed by atoms with Crippen molar-refractivity contribution in [3.05, 3.63) is 53.9 Å². The van der Waals surface area contributed by atoms with E-state index in [9.17, 15) is 4.79 Å². The van der Waals surface area contributed by atoms with E-state index >= 15 is 0 Å². The average Bonchev–Trinajstić information content (AvgIpc) is 2.76. The van der Waals surface area contributed by atoms with Gasteiger partial charge in [-0.1, -0.05) is 18.9 Å². The molecule has 2 aromatic rings. The molecule has 0 bridgehead atoms. The van der Waals surface area contributed by atoms with Crippen molar-refractivity contribution in [3.63, 3.8) is 0 Å². The van der Waals surface area contributed by atoms with Gasteiger partial charge in [0.2, 0.25) is 5.91 Å². The van der Waals surface area contributed by atoms with Gasteiger partial charge in [-0.15, -0.1) is 0 Å². The second kappa shape index (κ2) is 8.00. The van der Waals surface area contributed by atoms with Crippen molar-refractivity contribution in [1.82, 2.24) is 9.99 Å². The first kappa shape index (κ1) is 18.5. The van der Waals surface area contributed by atoms with Gasteiger partial charge in [0.15, 0.2) is 11.5 Å². The molecule has 146 valence electrons. The molecule has 6 heteroatoms. The van der Waals surface area contributed by atoms with Crippen LogP contribution in [0.4, 0.5) is 0 Å². The van der Waals surface area contributed by atoms with E-state index < -0.39 is 0 Å². The summed E-state index contributed by atoms with van der Waals surface area (Å²) in [6.07, 6.45) is 5.85. The zero-order valence-corrected chi connectivity index (χ0v) is 16.3. The molecule has 1 saturated carbocycles. The largest absolute Gasteiger partial charge is 0.493 e. The topological polar surface area (TPSA) is 64.0 Å². The first-order valence-corrected chi connectivity index (χ1v) is 9.73. The van der Waals surface area contributed by atoms with Gasteiger partial charge in [0, 0.05) is 23.6 Å². The SMILES string of the molecule is COc1ccc(C2=NN(Cc3ccccn3)C(=O)[C@@H]3CCCC[C@H]23)cc1OC. The molecular weight excluding hydrogens is 354 g/mol. The zero-order chi connectivity index (χ0) is 19.5. The van der Waals surface area contributed by atoms with Crippen LogP contribution in [0.15, 0.2) is 47.7 Å². The highest BCUT2D eigenvalue weighted by molar-refractivity contribution is 6.07. The number of fused-ring (bicyclic) bond motifs is 1. The maximum atomic E-state index is 13.1. The van der Waals surface area contributed by atoms with Crippen molar-refractivity contribution in [2.45, 2.75) is 32.2 Å². The number of hydrazone groups is 1. The fourth-order valence-electron chi connectivity index (χ4n) is 4.22. The van der Waals surface area contributed by atoms with Gasteiger partial charge in [-0.25, -0.2) is 5.01 Å². The van der Waals surface area contributed by atoms with E-state index in [-0.39, 0.29) is 17.7 Å². The third kappa shape index (κ3) is 3.46. The summed E-state index contributed by atoms with van der Waals surface area (Å²) in [5.74, 6) is 1.60. The van der Waals surface area contributed by atoms with Crippen molar-refractivity contribution in [2.75, 3.05) is 14.2 Å². The van der Waals surface area contributed by atoms with E-state index in [1.807, 2.05) is 36.4 Å². The number of hydrogen-bond acceptors (Lipinski definition) is 5. The molecule has 0 saturated heterocycles. The number of amides is 1. The second-order valence-electron chi connectivity index (χ2n) is 7.27. The predicted octanol–water partition coefficient (Wildman–Crippen LogP) is 3.65. The summed E-state index contributed by atoms with van der Waals surface area (Å²) in [6, 6.07) is 11.6. The molecule has 2 heterocycles. The molecule has 0 spiro atoms. The summed E-state index contributed by atoms with van der Waals surface area (Å²) < 4.78 is 10.8. The second-order valence-corrected chi connectivity index (χ2v) is 7.27. The van der Waals surface area contributed by atoms with E-state index in [2.05, 4.69) is 4.98 Å². The molecule has 0 N–H and O–H groups in total. The quantitative estimate of drug-likeness (QED) is 0.795. The van der Waals surface area contributed by atoms with Crippen LogP contribution >= 0.6 is 0 Å². The van der Waals surface area contributed by atoms with Crippen LogP contribution in [0.3, 0.4) is 0 Å². The summed E-state index contributed by atoms with van der Waals surface area (Å²) in [5.41, 5.74) is 2.77. The first-order valence-electron chi connectivity index (χ1n) is 9.73. The van der Waals surface area contributed by atoms with Crippen molar-refractivity contribution in [3.8, 4) is 11.5 Å². The van der Waals surface area contributed by atoms with Crippen LogP contribution in [0.5, 0.6) is 11.5 Å². The van der Waals surface area contributed by atoms with E-state index in [4.69, 9.17) is 14.6 Å². The lowest BCUT2D eigenvalue weighted by molar-refractivity contribution is -0.139. The molecule has 2 aliphatic rings. The zero-order valence-electron chi connectivity index (χ0n) is 16.3. The van der Waals surface area contributed by atoms with Crippen LogP contribution in [0, 0.1) is 11.8 Å². The fraction of sp³-hybridized carbons (Fsp3) is 0.409. The van der Waals surface area contributed by atoms with Crippen LogP contribution in [0.25, 0.3) is 0 Å². The number of benzene rings is 1. The Hall–Kier alpha value is -2.89. The lowest BCUT2D eigenvalue weighted by Gasteiger charge is -2.38. The highest BCUT2D eigenvalue weighted by Gasteiger charge is 2.41. The summed E-state index contributed by atoms with van der Waals surface area (Å²) in [6.45, 7) is 0.389. The predicted molar refractivity (Wildman–Crippen MR) is 106 cm³/mol. The van der Waals surface area contributed by atoms with Crippen LogP contribution < -0.4 is 9.47 Å². The number of rotatable bonds is 5. The average molecular weight is 379 g/mol. The molecule has 0 radical (unpaired) electrons. The number of carbonyl (C=O) groups is 1. The summed E-state index contributed by atoms with van der Waals surface area (Å²) in [4.78, 5) is 17.5. The third-order valence-electron chi connectivity index (χ3n) is 5.63. The van der Waals surface area contributed by atoms with Crippen molar-refractivity contribution in [2.24, 2.45) is 16.9 Å². The standard InChI is InChI=1S/C22H25N3O3/c1-27-19-11-10-15(13-20(19)28-2)21-17-8-3-4-9-18(17)22(26)25(24-21)14-16-7-5-6-12-23-16/h5-7,10-13,17-18H,3-4,8-9,14H2,1-2H3/t17-,18+/m0/s1. The number of nitrogens with zero attached hydrogens (tertiary/aromatic N) is 3. The Morgan fingerprint density at radius 2 is 1.82 bits per heavy atom. The van der Waals surface area contributed by atoms with E-state index in [1.54, 1.807) is 25.4 Å². The molecule has 6 nitrogen and oxygen atoms in total. The molecule has 1 aliphatic heterocycles. The Labute approximate surface area is 165 Å². The lowest BCUT2D eigenvalue weighted by Crippen LogP contribution is -2.45. The lowest BCUT2D eigenvalue weighted by atomic mass is 9.73. The Morgan fingerprint density at radius 1 is 1.04 bits per heavy atom. The number of pyridine rings is 1. The number of methoxy groups -OCH3 is 2. The van der Waals surface area contributed by atoms with Gasteiger partial charge in [0.25, 0.3) is 0 Å². The van der Waals surface area contributed by atoms with Crippen LogP contribution in [-0.2, 0) is 11.3 Å².